The average molecular weight is 472 g/mol. The van der Waals surface area contributed by atoms with Crippen molar-refractivity contribution in [1.29, 1.82) is 0 Å². The zero-order chi connectivity index (χ0) is 23.8. The highest BCUT2D eigenvalue weighted by atomic mass is 32.1. The van der Waals surface area contributed by atoms with E-state index in [-0.39, 0.29) is 23.6 Å². The third-order valence-corrected chi connectivity index (χ3v) is 5.81. The number of nitro groups is 1. The summed E-state index contributed by atoms with van der Waals surface area (Å²) in [5.74, 6) is -0.418. The summed E-state index contributed by atoms with van der Waals surface area (Å²) >= 11 is 1.09. The van der Waals surface area contributed by atoms with Gasteiger partial charge in [-0.15, -0.1) is 0 Å². The Bertz CT molecular complexity index is 1230. The molecule has 0 radical (unpaired) electrons. The summed E-state index contributed by atoms with van der Waals surface area (Å²) in [6, 6.07) is 11.1. The van der Waals surface area contributed by atoms with Crippen molar-refractivity contribution in [3.05, 3.63) is 62.9 Å². The van der Waals surface area contributed by atoms with Gasteiger partial charge in [-0.3, -0.25) is 19.7 Å². The molecule has 3 aromatic rings. The van der Waals surface area contributed by atoms with Gasteiger partial charge in [-0.05, 0) is 37.6 Å². The van der Waals surface area contributed by atoms with Gasteiger partial charge in [0.25, 0.3) is 11.6 Å². The predicted octanol–water partition coefficient (Wildman–Crippen LogP) is 4.48. The molecule has 0 aliphatic carbocycles. The number of nitrogens with zero attached hydrogens (tertiary/aromatic N) is 3. The highest BCUT2D eigenvalue weighted by Crippen LogP contribution is 2.23. The van der Waals surface area contributed by atoms with Crippen molar-refractivity contribution in [3.8, 4) is 5.75 Å². The Morgan fingerprint density at radius 1 is 1.15 bits per heavy atom. The Kier molecular flexibility index (Phi) is 8.31. The Morgan fingerprint density at radius 3 is 2.70 bits per heavy atom. The summed E-state index contributed by atoms with van der Waals surface area (Å²) in [6.07, 6.45) is 3.09. The van der Waals surface area contributed by atoms with Gasteiger partial charge in [0.15, 0.2) is 4.80 Å². The normalized spacial score (nSPS) is 11.5. The van der Waals surface area contributed by atoms with E-state index < -0.39 is 16.8 Å². The number of non-ortho nitro benzene ring substituents is 1. The Morgan fingerprint density at radius 2 is 1.97 bits per heavy atom. The van der Waals surface area contributed by atoms with Gasteiger partial charge in [0.1, 0.15) is 12.3 Å². The van der Waals surface area contributed by atoms with Crippen molar-refractivity contribution in [2.45, 2.75) is 39.7 Å². The van der Waals surface area contributed by atoms with Crippen LogP contribution in [0.15, 0.2) is 47.5 Å². The van der Waals surface area contributed by atoms with E-state index >= 15 is 0 Å². The van der Waals surface area contributed by atoms with Gasteiger partial charge < -0.3 is 14.0 Å². The maximum absolute atomic E-state index is 12.9. The van der Waals surface area contributed by atoms with E-state index in [0.717, 1.165) is 30.6 Å². The fraction of sp³-hybridized carbons (Fsp3) is 0.348. The van der Waals surface area contributed by atoms with Crippen LogP contribution in [0, 0.1) is 10.1 Å². The van der Waals surface area contributed by atoms with E-state index in [1.54, 1.807) is 31.2 Å². The minimum absolute atomic E-state index is 0.0853. The molecular formula is C23H25N3O6S. The molecule has 33 heavy (non-hydrogen) atoms. The highest BCUT2D eigenvalue weighted by molar-refractivity contribution is 7.16. The summed E-state index contributed by atoms with van der Waals surface area (Å²) in [5.41, 5.74) is 0.810. The van der Waals surface area contributed by atoms with Crippen molar-refractivity contribution < 1.29 is 24.0 Å². The third kappa shape index (κ3) is 6.26. The van der Waals surface area contributed by atoms with Gasteiger partial charge in [0.2, 0.25) is 0 Å². The summed E-state index contributed by atoms with van der Waals surface area (Å²) in [5, 5.41) is 11.1. The van der Waals surface area contributed by atoms with Crippen LogP contribution in [0.3, 0.4) is 0 Å². The number of hydrogen-bond donors (Lipinski definition) is 0. The first-order valence-electron chi connectivity index (χ1n) is 10.7. The second kappa shape index (κ2) is 11.4. The van der Waals surface area contributed by atoms with E-state index in [0.29, 0.717) is 28.1 Å². The minimum atomic E-state index is -0.507. The van der Waals surface area contributed by atoms with Crippen LogP contribution in [-0.2, 0) is 16.1 Å². The third-order valence-electron chi connectivity index (χ3n) is 4.76. The summed E-state index contributed by atoms with van der Waals surface area (Å²) in [6.45, 7) is 4.42. The number of unbranched alkanes of at least 4 members (excludes halogenated alkanes) is 2. The van der Waals surface area contributed by atoms with Crippen LogP contribution in [0.2, 0.25) is 0 Å². The van der Waals surface area contributed by atoms with Gasteiger partial charge in [-0.25, -0.2) is 0 Å². The Hall–Kier alpha value is -3.53. The Labute approximate surface area is 194 Å². The van der Waals surface area contributed by atoms with Gasteiger partial charge in [0.05, 0.1) is 28.4 Å². The van der Waals surface area contributed by atoms with Crippen LogP contribution in [0.4, 0.5) is 5.69 Å². The second-order valence-corrected chi connectivity index (χ2v) is 8.19. The molecule has 0 atom stereocenters. The summed E-state index contributed by atoms with van der Waals surface area (Å²) in [7, 11) is 0. The zero-order valence-corrected chi connectivity index (χ0v) is 19.3. The number of hydrogen-bond acceptors (Lipinski definition) is 7. The lowest BCUT2D eigenvalue weighted by Gasteiger charge is -2.07. The molecule has 1 heterocycles. The molecule has 0 fully saturated rings. The number of rotatable bonds is 10. The standard InChI is InChI=1S/C23H25N3O6S/c1-3-5-6-12-32-18-9-7-8-16(13-18)22(28)24-23-25(15-21(27)31-4-2)19-11-10-17(26(29)30)14-20(19)33-23/h7-11,13-14H,3-6,12,15H2,1-2H3. The van der Waals surface area contributed by atoms with Gasteiger partial charge in [-0.2, -0.15) is 4.99 Å². The smallest absolute Gasteiger partial charge is 0.326 e. The number of nitro benzene ring substituents is 1. The van der Waals surface area contributed by atoms with Crippen molar-refractivity contribution >= 4 is 39.1 Å². The number of thiazole rings is 1. The van der Waals surface area contributed by atoms with Crippen LogP contribution < -0.4 is 9.54 Å². The largest absolute Gasteiger partial charge is 0.494 e. The first kappa shape index (κ1) is 24.1. The summed E-state index contributed by atoms with van der Waals surface area (Å²) in [4.78, 5) is 40.2. The number of benzene rings is 2. The highest BCUT2D eigenvalue weighted by Gasteiger charge is 2.16. The van der Waals surface area contributed by atoms with Crippen LogP contribution in [0.25, 0.3) is 10.2 Å². The molecule has 0 saturated carbocycles. The maximum atomic E-state index is 12.9. The molecule has 0 spiro atoms. The van der Waals surface area contributed by atoms with Crippen molar-refractivity contribution in [1.82, 2.24) is 4.57 Å². The number of aromatic nitrogens is 1. The SMILES string of the molecule is CCCCCOc1cccc(C(=O)N=c2sc3cc([N+](=O)[O-])ccc3n2CC(=O)OCC)c1. The molecule has 0 saturated heterocycles. The molecule has 3 rings (SSSR count). The summed E-state index contributed by atoms with van der Waals surface area (Å²) < 4.78 is 12.8. The molecule has 1 amide bonds. The molecular weight excluding hydrogens is 446 g/mol. The van der Waals surface area contributed by atoms with E-state index in [2.05, 4.69) is 11.9 Å². The Balaban J connectivity index is 1.97. The number of carbonyl (C=O) groups is 2. The number of carbonyl (C=O) groups excluding carboxylic acids is 2. The molecule has 9 nitrogen and oxygen atoms in total. The van der Waals surface area contributed by atoms with E-state index in [9.17, 15) is 19.7 Å². The van der Waals surface area contributed by atoms with Crippen LogP contribution in [-0.4, -0.2) is 34.6 Å². The van der Waals surface area contributed by atoms with E-state index in [1.165, 1.54) is 22.8 Å². The van der Waals surface area contributed by atoms with Crippen molar-refractivity contribution in [2.24, 2.45) is 4.99 Å². The van der Waals surface area contributed by atoms with E-state index in [4.69, 9.17) is 9.47 Å². The molecule has 0 unspecified atom stereocenters. The van der Waals surface area contributed by atoms with Crippen molar-refractivity contribution in [3.63, 3.8) is 0 Å². The molecule has 2 aromatic carbocycles. The molecule has 0 N–H and O–H groups in total. The monoisotopic (exact) mass is 471 g/mol. The second-order valence-electron chi connectivity index (χ2n) is 7.19. The van der Waals surface area contributed by atoms with Crippen LogP contribution in [0.1, 0.15) is 43.5 Å². The van der Waals surface area contributed by atoms with Gasteiger partial charge in [0, 0.05) is 17.7 Å². The maximum Gasteiger partial charge on any atom is 0.326 e. The predicted molar refractivity (Wildman–Crippen MR) is 124 cm³/mol. The molecule has 0 aliphatic heterocycles. The van der Waals surface area contributed by atoms with Crippen LogP contribution in [0.5, 0.6) is 5.75 Å². The number of amides is 1. The first-order chi connectivity index (χ1) is 15.9. The van der Waals surface area contributed by atoms with E-state index in [1.807, 2.05) is 0 Å². The topological polar surface area (TPSA) is 113 Å². The molecule has 10 heteroatoms. The molecule has 1 aromatic heterocycles. The first-order valence-corrected chi connectivity index (χ1v) is 11.5. The van der Waals surface area contributed by atoms with Crippen molar-refractivity contribution in [2.75, 3.05) is 13.2 Å². The fourth-order valence-electron chi connectivity index (χ4n) is 3.16. The minimum Gasteiger partial charge on any atom is -0.494 e. The number of ether oxygens (including phenoxy) is 2. The lowest BCUT2D eigenvalue weighted by atomic mass is 10.2. The lowest BCUT2D eigenvalue weighted by molar-refractivity contribution is -0.384. The van der Waals surface area contributed by atoms with Gasteiger partial charge in [-0.1, -0.05) is 37.2 Å². The zero-order valence-electron chi connectivity index (χ0n) is 18.5. The molecule has 0 bridgehead atoms. The quantitative estimate of drug-likeness (QED) is 0.186. The van der Waals surface area contributed by atoms with Crippen LogP contribution >= 0.6 is 11.3 Å². The molecule has 0 aliphatic rings. The average Bonchev–Trinajstić information content (AvgIpc) is 3.13. The van der Waals surface area contributed by atoms with Gasteiger partial charge >= 0.3 is 5.97 Å². The molecule has 174 valence electrons. The lowest BCUT2D eigenvalue weighted by Crippen LogP contribution is -2.23. The number of esters is 1. The fourth-order valence-corrected chi connectivity index (χ4v) is 4.22. The number of fused-ring (bicyclic) bond motifs is 1.